The zero-order valence-electron chi connectivity index (χ0n) is 20.9. The molecule has 0 spiro atoms. The molecule has 3 aliphatic rings. The van der Waals surface area contributed by atoms with E-state index in [1.165, 1.54) is 24.0 Å². The van der Waals surface area contributed by atoms with E-state index in [0.717, 1.165) is 38.9 Å². The molecule has 0 radical (unpaired) electrons. The molecule has 1 amide bonds. The lowest BCUT2D eigenvalue weighted by molar-refractivity contribution is -0.00271. The van der Waals surface area contributed by atoms with Gasteiger partial charge in [-0.25, -0.2) is 4.79 Å². The van der Waals surface area contributed by atoms with Crippen LogP contribution in [0.15, 0.2) is 18.2 Å². The molecule has 1 aromatic carbocycles. The van der Waals surface area contributed by atoms with Crippen molar-refractivity contribution in [2.45, 2.75) is 83.8 Å². The maximum absolute atomic E-state index is 12.4. The van der Waals surface area contributed by atoms with Crippen molar-refractivity contribution in [2.24, 2.45) is 17.8 Å². The largest absolute Gasteiger partial charge is 0.508 e. The molecule has 4 rings (SSSR count). The van der Waals surface area contributed by atoms with Crippen molar-refractivity contribution in [3.8, 4) is 5.75 Å². The molecule has 4 atom stereocenters. The van der Waals surface area contributed by atoms with Gasteiger partial charge in [-0.2, -0.15) is 0 Å². The number of piperidine rings is 1. The summed E-state index contributed by atoms with van der Waals surface area (Å²) in [6.07, 6.45) is 5.43. The standard InChI is InChI=1S/C27H42N2O3/c1-18-9-12-27(5)23-16-21(30)8-7-20(23)15-22(18)24(27)28(6)17-19-10-13-29(14-11-19)25(31)32-26(2,3)4/h7-8,16,18-19,22,24,30H,9-15,17H2,1-6H3/t18?,22-,24-,27+/m0/s1. The number of likely N-dealkylation sites (N-methyl/N-ethyl adjacent to an activating group) is 1. The van der Waals surface area contributed by atoms with Crippen LogP contribution in [0.25, 0.3) is 0 Å². The van der Waals surface area contributed by atoms with Gasteiger partial charge in [-0.1, -0.05) is 19.9 Å². The van der Waals surface area contributed by atoms with Gasteiger partial charge in [-0.15, -0.1) is 0 Å². The Morgan fingerprint density at radius 2 is 1.94 bits per heavy atom. The number of carbonyl (C=O) groups excluding carboxylic acids is 1. The highest BCUT2D eigenvalue weighted by molar-refractivity contribution is 5.68. The summed E-state index contributed by atoms with van der Waals surface area (Å²) >= 11 is 0. The molecular formula is C27H42N2O3. The molecule has 0 aromatic heterocycles. The van der Waals surface area contributed by atoms with Crippen molar-refractivity contribution < 1.29 is 14.6 Å². The molecule has 1 aromatic rings. The average molecular weight is 443 g/mol. The number of hydrogen-bond acceptors (Lipinski definition) is 4. The van der Waals surface area contributed by atoms with Gasteiger partial charge in [-0.05, 0) is 101 Å². The first-order valence-corrected chi connectivity index (χ1v) is 12.5. The molecule has 2 fully saturated rings. The summed E-state index contributed by atoms with van der Waals surface area (Å²) in [6.45, 7) is 13.3. The molecule has 2 bridgehead atoms. The minimum Gasteiger partial charge on any atom is -0.508 e. The smallest absolute Gasteiger partial charge is 0.410 e. The number of fused-ring (bicyclic) bond motifs is 4. The van der Waals surface area contributed by atoms with Crippen LogP contribution in [0.3, 0.4) is 0 Å². The first kappa shape index (κ1) is 23.4. The highest BCUT2D eigenvalue weighted by Crippen LogP contribution is 2.53. The lowest BCUT2D eigenvalue weighted by atomic mass is 9.54. The molecule has 1 saturated heterocycles. The first-order valence-electron chi connectivity index (χ1n) is 12.5. The van der Waals surface area contributed by atoms with E-state index in [2.05, 4.69) is 31.9 Å². The van der Waals surface area contributed by atoms with E-state index in [4.69, 9.17) is 4.74 Å². The molecule has 1 N–H and O–H groups in total. The molecule has 32 heavy (non-hydrogen) atoms. The van der Waals surface area contributed by atoms with E-state index in [1.54, 1.807) is 0 Å². The number of benzene rings is 1. The predicted octanol–water partition coefficient (Wildman–Crippen LogP) is 5.20. The first-order chi connectivity index (χ1) is 15.0. The molecule has 178 valence electrons. The molecule has 1 unspecified atom stereocenters. The summed E-state index contributed by atoms with van der Waals surface area (Å²) in [5.74, 6) is 2.35. The zero-order chi connectivity index (χ0) is 23.3. The minimum absolute atomic E-state index is 0.0788. The van der Waals surface area contributed by atoms with Crippen molar-refractivity contribution in [3.05, 3.63) is 29.3 Å². The minimum atomic E-state index is -0.441. The van der Waals surface area contributed by atoms with Crippen molar-refractivity contribution in [1.29, 1.82) is 0 Å². The number of phenols is 1. The third kappa shape index (κ3) is 4.50. The molecule has 5 heteroatoms. The number of nitrogens with zero attached hydrogens (tertiary/aromatic N) is 2. The lowest BCUT2D eigenvalue weighted by Gasteiger charge is -2.57. The predicted molar refractivity (Wildman–Crippen MR) is 128 cm³/mol. The van der Waals surface area contributed by atoms with Gasteiger partial charge in [0.05, 0.1) is 0 Å². The topological polar surface area (TPSA) is 53.0 Å². The van der Waals surface area contributed by atoms with Crippen LogP contribution in [0.5, 0.6) is 5.75 Å². The summed E-state index contributed by atoms with van der Waals surface area (Å²) in [5.41, 5.74) is 2.42. The lowest BCUT2D eigenvalue weighted by Crippen LogP contribution is -2.60. The normalized spacial score (nSPS) is 30.8. The number of ether oxygens (including phenoxy) is 1. The zero-order valence-corrected chi connectivity index (χ0v) is 20.9. The van der Waals surface area contributed by atoms with Gasteiger partial charge < -0.3 is 19.6 Å². The van der Waals surface area contributed by atoms with Crippen molar-refractivity contribution >= 4 is 6.09 Å². The molecule has 2 aliphatic carbocycles. The quantitative estimate of drug-likeness (QED) is 0.699. The Morgan fingerprint density at radius 3 is 2.59 bits per heavy atom. The summed E-state index contributed by atoms with van der Waals surface area (Å²) < 4.78 is 5.56. The van der Waals surface area contributed by atoms with Crippen LogP contribution in [0.2, 0.25) is 0 Å². The Hall–Kier alpha value is -1.75. The van der Waals surface area contributed by atoms with E-state index in [-0.39, 0.29) is 11.5 Å². The molecule has 1 saturated carbocycles. The number of rotatable bonds is 3. The Morgan fingerprint density at radius 1 is 1.25 bits per heavy atom. The van der Waals surface area contributed by atoms with Crippen LogP contribution in [-0.4, -0.2) is 59.3 Å². The van der Waals surface area contributed by atoms with E-state index in [9.17, 15) is 9.90 Å². The summed E-state index contributed by atoms with van der Waals surface area (Å²) in [7, 11) is 2.31. The fourth-order valence-electron chi connectivity index (χ4n) is 6.77. The molecule has 1 aliphatic heterocycles. The number of hydrogen-bond donors (Lipinski definition) is 1. The fourth-order valence-corrected chi connectivity index (χ4v) is 6.77. The second kappa shape index (κ2) is 8.55. The van der Waals surface area contributed by atoms with Gasteiger partial charge in [0.25, 0.3) is 0 Å². The van der Waals surface area contributed by atoms with Crippen LogP contribution in [0.4, 0.5) is 4.79 Å². The highest BCUT2D eigenvalue weighted by atomic mass is 16.6. The summed E-state index contributed by atoms with van der Waals surface area (Å²) in [4.78, 5) is 16.9. The summed E-state index contributed by atoms with van der Waals surface area (Å²) in [5, 5.41) is 10.2. The highest BCUT2D eigenvalue weighted by Gasteiger charge is 2.52. The molecule has 5 nitrogen and oxygen atoms in total. The van der Waals surface area contributed by atoms with E-state index >= 15 is 0 Å². The van der Waals surface area contributed by atoms with Gasteiger partial charge >= 0.3 is 6.09 Å². The number of carbonyl (C=O) groups is 1. The number of likely N-dealkylation sites (tertiary alicyclic amines) is 1. The van der Waals surface area contributed by atoms with Gasteiger partial charge in [0.15, 0.2) is 0 Å². The van der Waals surface area contributed by atoms with Gasteiger partial charge in [-0.3, -0.25) is 0 Å². The maximum Gasteiger partial charge on any atom is 0.410 e. The molecule has 1 heterocycles. The van der Waals surface area contributed by atoms with E-state index in [1.807, 2.05) is 37.8 Å². The Bertz CT molecular complexity index is 840. The Labute approximate surface area is 194 Å². The second-order valence-corrected chi connectivity index (χ2v) is 11.9. The van der Waals surface area contributed by atoms with Crippen molar-refractivity contribution in [1.82, 2.24) is 9.80 Å². The molecular weight excluding hydrogens is 400 g/mol. The number of phenolic OH excluding ortho intramolecular Hbond substituents is 1. The average Bonchev–Trinajstić information content (AvgIpc) is 2.71. The fraction of sp³-hybridized carbons (Fsp3) is 0.741. The van der Waals surface area contributed by atoms with Crippen molar-refractivity contribution in [3.63, 3.8) is 0 Å². The van der Waals surface area contributed by atoms with Crippen molar-refractivity contribution in [2.75, 3.05) is 26.7 Å². The Kier molecular flexibility index (Phi) is 6.26. The number of aromatic hydroxyl groups is 1. The Balaban J connectivity index is 1.44. The third-order valence-electron chi connectivity index (χ3n) is 8.36. The SMILES string of the molecule is CC1CC[C@]2(C)c3cc(O)ccc3C[C@@H]1[C@@H]2N(C)CC1CCN(C(=O)OC(C)(C)C)CC1. The van der Waals surface area contributed by atoms with Crippen LogP contribution in [0, 0.1) is 17.8 Å². The second-order valence-electron chi connectivity index (χ2n) is 11.9. The van der Waals surface area contributed by atoms with Crippen LogP contribution >= 0.6 is 0 Å². The van der Waals surface area contributed by atoms with Crippen LogP contribution in [0.1, 0.15) is 71.4 Å². The summed E-state index contributed by atoms with van der Waals surface area (Å²) in [6, 6.07) is 6.52. The van der Waals surface area contributed by atoms with E-state index < -0.39 is 5.60 Å². The maximum atomic E-state index is 12.4. The van der Waals surface area contributed by atoms with Crippen LogP contribution in [-0.2, 0) is 16.6 Å². The monoisotopic (exact) mass is 442 g/mol. The van der Waals surface area contributed by atoms with Crippen LogP contribution < -0.4 is 0 Å². The van der Waals surface area contributed by atoms with Gasteiger partial charge in [0.1, 0.15) is 11.4 Å². The van der Waals surface area contributed by atoms with Gasteiger partial charge in [0.2, 0.25) is 0 Å². The van der Waals surface area contributed by atoms with Gasteiger partial charge in [0, 0.05) is 31.1 Å². The number of amides is 1. The third-order valence-corrected chi connectivity index (χ3v) is 8.36. The van der Waals surface area contributed by atoms with E-state index in [0.29, 0.717) is 29.5 Å².